The summed E-state index contributed by atoms with van der Waals surface area (Å²) in [5.74, 6) is 0.737. The number of carbonyl (C=O) groups is 1. The Morgan fingerprint density at radius 3 is 2.68 bits per heavy atom. The van der Waals surface area contributed by atoms with Crippen LogP contribution >= 0.6 is 27.7 Å². The molecule has 1 aliphatic carbocycles. The summed E-state index contributed by atoms with van der Waals surface area (Å²) in [5, 5.41) is 0. The Labute approximate surface area is 143 Å². The van der Waals surface area contributed by atoms with E-state index in [9.17, 15) is 13.2 Å². The molecule has 1 heterocycles. The molecule has 120 valence electrons. The van der Waals surface area contributed by atoms with Gasteiger partial charge in [0.1, 0.15) is 6.04 Å². The van der Waals surface area contributed by atoms with Crippen LogP contribution in [0.1, 0.15) is 12.8 Å². The van der Waals surface area contributed by atoms with Gasteiger partial charge in [0.2, 0.25) is 15.9 Å². The molecule has 0 radical (unpaired) electrons. The fourth-order valence-electron chi connectivity index (χ4n) is 2.52. The number of amides is 1. The number of hydrogen-bond acceptors (Lipinski definition) is 4. The fourth-order valence-corrected chi connectivity index (χ4v) is 6.62. The van der Waals surface area contributed by atoms with Gasteiger partial charge in [-0.3, -0.25) is 4.79 Å². The Morgan fingerprint density at radius 2 is 2.05 bits per heavy atom. The number of rotatable bonds is 4. The van der Waals surface area contributed by atoms with Crippen molar-refractivity contribution in [2.75, 3.05) is 18.7 Å². The van der Waals surface area contributed by atoms with Gasteiger partial charge in [-0.15, -0.1) is 11.8 Å². The molecule has 0 aromatic heterocycles. The second-order valence-electron chi connectivity index (χ2n) is 5.52. The number of sulfonamides is 1. The predicted molar refractivity (Wildman–Crippen MR) is 90.1 cm³/mol. The Kier molecular flexibility index (Phi) is 4.55. The van der Waals surface area contributed by atoms with Gasteiger partial charge in [-0.25, -0.2) is 8.42 Å². The van der Waals surface area contributed by atoms with Gasteiger partial charge in [0, 0.05) is 23.3 Å². The van der Waals surface area contributed by atoms with Gasteiger partial charge in [-0.2, -0.15) is 4.31 Å². The minimum Gasteiger partial charge on any atom is -0.341 e. The molecule has 2 aliphatic rings. The summed E-state index contributed by atoms with van der Waals surface area (Å²) in [4.78, 5) is 14.5. The minimum atomic E-state index is -3.68. The van der Waals surface area contributed by atoms with E-state index in [4.69, 9.17) is 0 Å². The molecule has 5 nitrogen and oxygen atoms in total. The first-order valence-electron chi connectivity index (χ1n) is 7.03. The first kappa shape index (κ1) is 16.3. The lowest BCUT2D eigenvalue weighted by Gasteiger charge is -2.27. The Morgan fingerprint density at radius 1 is 1.36 bits per heavy atom. The van der Waals surface area contributed by atoms with Gasteiger partial charge in [-0.1, -0.05) is 12.1 Å². The van der Waals surface area contributed by atoms with Crippen molar-refractivity contribution in [2.24, 2.45) is 0 Å². The zero-order valence-electron chi connectivity index (χ0n) is 12.1. The van der Waals surface area contributed by atoms with Crippen LogP contribution in [0.5, 0.6) is 0 Å². The van der Waals surface area contributed by atoms with Gasteiger partial charge in [0.25, 0.3) is 0 Å². The second kappa shape index (κ2) is 6.14. The predicted octanol–water partition coefficient (Wildman–Crippen LogP) is 2.13. The molecule has 1 aromatic rings. The van der Waals surface area contributed by atoms with E-state index in [2.05, 4.69) is 15.9 Å². The van der Waals surface area contributed by atoms with E-state index >= 15 is 0 Å². The highest BCUT2D eigenvalue weighted by atomic mass is 79.9. The van der Waals surface area contributed by atoms with Crippen LogP contribution in [0.4, 0.5) is 0 Å². The van der Waals surface area contributed by atoms with Crippen molar-refractivity contribution in [1.82, 2.24) is 9.21 Å². The van der Waals surface area contributed by atoms with E-state index in [0.717, 1.165) is 12.8 Å². The van der Waals surface area contributed by atoms with Crippen LogP contribution in [0.25, 0.3) is 0 Å². The number of carbonyl (C=O) groups excluding carboxylic acids is 1. The molecule has 0 bridgehead atoms. The number of halogens is 1. The summed E-state index contributed by atoms with van der Waals surface area (Å²) < 4.78 is 27.6. The monoisotopic (exact) mass is 404 g/mol. The summed E-state index contributed by atoms with van der Waals surface area (Å²) in [6.07, 6.45) is 2.03. The third-order valence-electron chi connectivity index (χ3n) is 3.99. The molecule has 3 rings (SSSR count). The third kappa shape index (κ3) is 2.93. The second-order valence-corrected chi connectivity index (χ2v) is 9.23. The maximum atomic E-state index is 12.9. The largest absolute Gasteiger partial charge is 0.341 e. The lowest BCUT2D eigenvalue weighted by Crippen LogP contribution is -2.48. The van der Waals surface area contributed by atoms with Crippen LogP contribution in [0, 0.1) is 0 Å². The highest BCUT2D eigenvalue weighted by molar-refractivity contribution is 9.10. The lowest BCUT2D eigenvalue weighted by atomic mass is 10.3. The molecule has 2 fully saturated rings. The maximum Gasteiger partial charge on any atom is 0.245 e. The van der Waals surface area contributed by atoms with Gasteiger partial charge in [0.15, 0.2) is 0 Å². The van der Waals surface area contributed by atoms with Crippen LogP contribution in [-0.4, -0.2) is 54.3 Å². The molecule has 1 unspecified atom stereocenters. The van der Waals surface area contributed by atoms with Crippen molar-refractivity contribution >= 4 is 43.6 Å². The number of nitrogens with zero attached hydrogens (tertiary/aromatic N) is 2. The van der Waals surface area contributed by atoms with E-state index in [1.807, 2.05) is 0 Å². The van der Waals surface area contributed by atoms with Crippen molar-refractivity contribution < 1.29 is 13.2 Å². The summed E-state index contributed by atoms with van der Waals surface area (Å²) in [5.41, 5.74) is 0. The Bertz CT molecular complexity index is 691. The molecule has 1 aliphatic heterocycles. The van der Waals surface area contributed by atoms with Crippen molar-refractivity contribution in [1.29, 1.82) is 0 Å². The number of thioether (sulfide) groups is 1. The van der Waals surface area contributed by atoms with E-state index in [0.29, 0.717) is 16.1 Å². The molecule has 0 N–H and O–H groups in total. The SMILES string of the molecule is CN(C(=O)C1CSCN1S(=O)(=O)c1ccccc1Br)C1CC1. The first-order chi connectivity index (χ1) is 10.4. The first-order valence-corrected chi connectivity index (χ1v) is 10.4. The van der Waals surface area contributed by atoms with Crippen molar-refractivity contribution in [2.45, 2.75) is 29.8 Å². The van der Waals surface area contributed by atoms with Crippen LogP contribution in [0.15, 0.2) is 33.6 Å². The van der Waals surface area contributed by atoms with Crippen molar-refractivity contribution in [3.8, 4) is 0 Å². The molecule has 1 atom stereocenters. The molecular formula is C14H17BrN2O3S2. The topological polar surface area (TPSA) is 57.7 Å². The van der Waals surface area contributed by atoms with Gasteiger partial charge in [0.05, 0.1) is 10.8 Å². The standard InChI is InChI=1S/C14H17BrN2O3S2/c1-16(10-6-7-10)14(18)12-8-21-9-17(12)22(19,20)13-5-3-2-4-11(13)15/h2-5,10,12H,6-9H2,1H3. The quantitative estimate of drug-likeness (QED) is 0.770. The molecule has 8 heteroatoms. The molecule has 0 spiro atoms. The van der Waals surface area contributed by atoms with Crippen LogP contribution in [0.3, 0.4) is 0 Å². The van der Waals surface area contributed by atoms with E-state index in [1.54, 1.807) is 36.2 Å². The van der Waals surface area contributed by atoms with Crippen molar-refractivity contribution in [3.63, 3.8) is 0 Å². The van der Waals surface area contributed by atoms with E-state index in [-0.39, 0.29) is 16.8 Å². The lowest BCUT2D eigenvalue weighted by molar-refractivity contribution is -0.133. The Hall–Kier alpha value is -0.570. The highest BCUT2D eigenvalue weighted by Crippen LogP contribution is 2.34. The minimum absolute atomic E-state index is 0.0943. The highest BCUT2D eigenvalue weighted by Gasteiger charge is 2.43. The molecular weight excluding hydrogens is 388 g/mol. The van der Waals surface area contributed by atoms with Crippen LogP contribution in [-0.2, 0) is 14.8 Å². The van der Waals surface area contributed by atoms with Crippen molar-refractivity contribution in [3.05, 3.63) is 28.7 Å². The zero-order valence-corrected chi connectivity index (χ0v) is 15.3. The molecule has 1 amide bonds. The Balaban J connectivity index is 1.89. The van der Waals surface area contributed by atoms with Crippen LogP contribution in [0.2, 0.25) is 0 Å². The average molecular weight is 405 g/mol. The molecule has 22 heavy (non-hydrogen) atoms. The smallest absolute Gasteiger partial charge is 0.245 e. The van der Waals surface area contributed by atoms with E-state index < -0.39 is 16.1 Å². The summed E-state index contributed by atoms with van der Waals surface area (Å²) in [6, 6.07) is 6.40. The average Bonchev–Trinajstić information content (AvgIpc) is 3.22. The molecule has 1 saturated heterocycles. The van der Waals surface area contributed by atoms with Gasteiger partial charge < -0.3 is 4.90 Å². The summed E-state index contributed by atoms with van der Waals surface area (Å²) in [7, 11) is -1.91. The van der Waals surface area contributed by atoms with Crippen LogP contribution < -0.4 is 0 Å². The third-order valence-corrected chi connectivity index (χ3v) is 8.03. The summed E-state index contributed by atoms with van der Waals surface area (Å²) >= 11 is 4.77. The number of hydrogen-bond donors (Lipinski definition) is 0. The zero-order chi connectivity index (χ0) is 15.9. The molecule has 1 aromatic carbocycles. The van der Waals surface area contributed by atoms with Gasteiger partial charge in [-0.05, 0) is 40.9 Å². The normalized spacial score (nSPS) is 22.7. The maximum absolute atomic E-state index is 12.9. The number of likely N-dealkylation sites (N-methyl/N-ethyl adjacent to an activating group) is 1. The van der Waals surface area contributed by atoms with Gasteiger partial charge >= 0.3 is 0 Å². The number of benzene rings is 1. The van der Waals surface area contributed by atoms with E-state index in [1.165, 1.54) is 16.1 Å². The summed E-state index contributed by atoms with van der Waals surface area (Å²) in [6.45, 7) is 0. The fraction of sp³-hybridized carbons (Fsp3) is 0.500. The molecule has 1 saturated carbocycles.